The highest BCUT2D eigenvalue weighted by Crippen LogP contribution is 2.49. The summed E-state index contributed by atoms with van der Waals surface area (Å²) in [5, 5.41) is 5.45. The average Bonchev–Trinajstić information content (AvgIpc) is 2.82. The Morgan fingerprint density at radius 2 is 2.10 bits per heavy atom. The van der Waals surface area contributed by atoms with Gasteiger partial charge in [-0.1, -0.05) is 5.16 Å². The van der Waals surface area contributed by atoms with Gasteiger partial charge in [0.1, 0.15) is 12.8 Å². The second-order valence-electron chi connectivity index (χ2n) is 3.35. The number of nitrogens with two attached hydrogens (primary N) is 1. The maximum atomic E-state index is 12.2. The summed E-state index contributed by atoms with van der Waals surface area (Å²) in [5.41, 5.74) is 5.61. The summed E-state index contributed by atoms with van der Waals surface area (Å²) in [7, 11) is 1.30. The molecule has 11 heteroatoms. The summed E-state index contributed by atoms with van der Waals surface area (Å²) >= 11 is 6.28. The molecule has 8 nitrogen and oxygen atoms in total. The van der Waals surface area contributed by atoms with E-state index in [0.717, 1.165) is 11.3 Å². The smallest absolute Gasteiger partial charge is 0.383 e. The third kappa shape index (κ3) is 5.33. The lowest BCUT2D eigenvalue weighted by Gasteiger charge is -2.19. The highest BCUT2D eigenvalue weighted by atomic mass is 32.5. The number of hydrogen-bond donors (Lipinski definition) is 1. The van der Waals surface area contributed by atoms with E-state index in [4.69, 9.17) is 31.1 Å². The molecule has 0 aliphatic heterocycles. The van der Waals surface area contributed by atoms with Crippen LogP contribution in [0.25, 0.3) is 0 Å². The number of anilines is 1. The van der Waals surface area contributed by atoms with Gasteiger partial charge in [-0.15, -0.1) is 11.3 Å². The van der Waals surface area contributed by atoms with Gasteiger partial charge in [0, 0.05) is 17.2 Å². The van der Waals surface area contributed by atoms with Crippen molar-refractivity contribution in [2.45, 2.75) is 13.8 Å². The van der Waals surface area contributed by atoms with Gasteiger partial charge in [-0.2, -0.15) is 0 Å². The van der Waals surface area contributed by atoms with Gasteiger partial charge in [0.2, 0.25) is 5.71 Å². The Kier molecular flexibility index (Phi) is 7.20. The van der Waals surface area contributed by atoms with Gasteiger partial charge in [0.25, 0.3) is 0 Å². The van der Waals surface area contributed by atoms with E-state index in [2.05, 4.69) is 15.0 Å². The first-order chi connectivity index (χ1) is 9.95. The van der Waals surface area contributed by atoms with E-state index in [1.54, 1.807) is 19.2 Å². The monoisotopic (exact) mass is 353 g/mol. The van der Waals surface area contributed by atoms with Gasteiger partial charge in [0.15, 0.2) is 5.13 Å². The number of oxime groups is 1. The van der Waals surface area contributed by atoms with Crippen molar-refractivity contribution >= 4 is 46.7 Å². The fourth-order valence-electron chi connectivity index (χ4n) is 1.23. The van der Waals surface area contributed by atoms with Gasteiger partial charge >= 0.3 is 12.7 Å². The first-order valence-corrected chi connectivity index (χ1v) is 9.34. The molecule has 0 aliphatic rings. The molecule has 0 saturated heterocycles. The molecule has 0 aromatic carbocycles. The predicted octanol–water partition coefficient (Wildman–Crippen LogP) is 1.92. The zero-order valence-electron chi connectivity index (χ0n) is 11.8. The van der Waals surface area contributed by atoms with Crippen molar-refractivity contribution in [1.29, 1.82) is 0 Å². The lowest BCUT2D eigenvalue weighted by molar-refractivity contribution is -0.128. The SMILES string of the molecule is CCOP(=S)(OCC)OC(=O)/C(=N/OC)c1csc(N)n1. The van der Waals surface area contributed by atoms with Crippen LogP contribution in [0.1, 0.15) is 19.5 Å². The number of carbonyl (C=O) groups excluding carboxylic acids is 1. The van der Waals surface area contributed by atoms with Crippen molar-refractivity contribution in [2.75, 3.05) is 26.1 Å². The number of carbonyl (C=O) groups is 1. The molecule has 0 unspecified atom stereocenters. The van der Waals surface area contributed by atoms with Crippen LogP contribution in [-0.4, -0.2) is 37.0 Å². The molecule has 21 heavy (non-hydrogen) atoms. The number of hydrogen-bond acceptors (Lipinski definition) is 10. The summed E-state index contributed by atoms with van der Waals surface area (Å²) in [6.07, 6.45) is 0. The largest absolute Gasteiger partial charge is 0.398 e. The first kappa shape index (κ1) is 18.0. The topological polar surface area (TPSA) is 105 Å². The number of rotatable bonds is 8. The van der Waals surface area contributed by atoms with E-state index in [1.165, 1.54) is 7.11 Å². The fourth-order valence-corrected chi connectivity index (χ4v) is 3.71. The van der Waals surface area contributed by atoms with Crippen LogP contribution in [0.3, 0.4) is 0 Å². The molecule has 1 aromatic heterocycles. The van der Waals surface area contributed by atoms with Gasteiger partial charge in [-0.25, -0.2) is 9.78 Å². The van der Waals surface area contributed by atoms with Crippen LogP contribution in [0.15, 0.2) is 10.5 Å². The van der Waals surface area contributed by atoms with Crippen LogP contribution < -0.4 is 5.73 Å². The van der Waals surface area contributed by atoms with Crippen LogP contribution >= 0.6 is 18.1 Å². The summed E-state index contributed by atoms with van der Waals surface area (Å²) < 4.78 is 15.6. The first-order valence-electron chi connectivity index (χ1n) is 5.91. The molecule has 1 rings (SSSR count). The molecule has 0 fully saturated rings. The van der Waals surface area contributed by atoms with E-state index in [1.807, 2.05) is 0 Å². The Bertz CT molecular complexity index is 553. The minimum atomic E-state index is -3.17. The third-order valence-electron chi connectivity index (χ3n) is 1.91. The Hall–Kier alpha value is -1.06. The van der Waals surface area contributed by atoms with Gasteiger partial charge in [-0.3, -0.25) is 9.05 Å². The summed E-state index contributed by atoms with van der Waals surface area (Å²) in [6.45, 7) is 0.778. The molecule has 0 atom stereocenters. The normalized spacial score (nSPS) is 12.2. The molecular weight excluding hydrogens is 337 g/mol. The third-order valence-corrected chi connectivity index (χ3v) is 4.98. The maximum absolute atomic E-state index is 12.2. The average molecular weight is 353 g/mol. The number of nitrogens with zero attached hydrogens (tertiary/aromatic N) is 2. The van der Waals surface area contributed by atoms with Crippen molar-refractivity contribution in [2.24, 2.45) is 5.16 Å². The molecular formula is C10H16N3O5PS2. The lowest BCUT2D eigenvalue weighted by Crippen LogP contribution is -2.20. The zero-order chi connectivity index (χ0) is 15.9. The van der Waals surface area contributed by atoms with Gasteiger partial charge < -0.3 is 15.1 Å². The molecule has 118 valence electrons. The lowest BCUT2D eigenvalue weighted by atomic mass is 10.3. The number of aromatic nitrogens is 1. The maximum Gasteiger partial charge on any atom is 0.383 e. The van der Waals surface area contributed by atoms with Crippen molar-refractivity contribution in [3.63, 3.8) is 0 Å². The minimum absolute atomic E-state index is 0.154. The second kappa shape index (κ2) is 8.40. The predicted molar refractivity (Wildman–Crippen MR) is 83.7 cm³/mol. The molecule has 0 bridgehead atoms. The molecule has 0 saturated carbocycles. The van der Waals surface area contributed by atoms with Crippen LogP contribution in [0, 0.1) is 0 Å². The number of thiazole rings is 1. The molecule has 0 amide bonds. The molecule has 0 aliphatic carbocycles. The summed E-state index contributed by atoms with van der Waals surface area (Å²) in [5.74, 6) is -0.840. The standard InChI is InChI=1S/C10H16N3O5PS2/c1-4-16-19(20,17-5-2)18-9(14)8(13-15-3)7-6-21-10(11)12-7/h6H,4-5H2,1-3H3,(H2,11,12)/b13-8+. The Balaban J connectivity index is 2.97. The fraction of sp³-hybridized carbons (Fsp3) is 0.500. The second-order valence-corrected chi connectivity index (χ2v) is 7.18. The van der Waals surface area contributed by atoms with Crippen LogP contribution in [0.2, 0.25) is 0 Å². The van der Waals surface area contributed by atoms with E-state index < -0.39 is 12.7 Å². The molecule has 1 aromatic rings. The Labute approximate surface area is 131 Å². The van der Waals surface area contributed by atoms with E-state index >= 15 is 0 Å². The van der Waals surface area contributed by atoms with Crippen molar-refractivity contribution in [1.82, 2.24) is 4.98 Å². The van der Waals surface area contributed by atoms with Crippen LogP contribution in [0.5, 0.6) is 0 Å². The molecule has 0 radical (unpaired) electrons. The summed E-state index contributed by atoms with van der Waals surface area (Å²) in [6, 6.07) is 0. The van der Waals surface area contributed by atoms with Crippen LogP contribution in [0.4, 0.5) is 5.13 Å². The minimum Gasteiger partial charge on any atom is -0.398 e. The molecule has 1 heterocycles. The Morgan fingerprint density at radius 3 is 2.52 bits per heavy atom. The van der Waals surface area contributed by atoms with Gasteiger partial charge in [-0.05, 0) is 13.8 Å². The number of nitrogen functional groups attached to an aromatic ring is 1. The van der Waals surface area contributed by atoms with Gasteiger partial charge in [0.05, 0.1) is 13.2 Å². The van der Waals surface area contributed by atoms with E-state index in [-0.39, 0.29) is 29.8 Å². The van der Waals surface area contributed by atoms with E-state index in [0.29, 0.717) is 0 Å². The van der Waals surface area contributed by atoms with Crippen LogP contribution in [-0.2, 0) is 35.0 Å². The van der Waals surface area contributed by atoms with E-state index in [9.17, 15) is 4.79 Å². The quantitative estimate of drug-likeness (QED) is 0.429. The van der Waals surface area contributed by atoms with Crippen molar-refractivity contribution in [3.05, 3.63) is 11.1 Å². The van der Waals surface area contributed by atoms with Crippen molar-refractivity contribution in [3.8, 4) is 0 Å². The Morgan fingerprint density at radius 1 is 1.48 bits per heavy atom. The molecule has 0 spiro atoms. The zero-order valence-corrected chi connectivity index (χ0v) is 14.3. The molecule has 2 N–H and O–H groups in total. The highest BCUT2D eigenvalue weighted by molar-refractivity contribution is 8.07. The highest BCUT2D eigenvalue weighted by Gasteiger charge is 2.29. The van der Waals surface area contributed by atoms with Crippen molar-refractivity contribution < 1.29 is 23.2 Å². The summed E-state index contributed by atoms with van der Waals surface area (Å²) in [4.78, 5) is 20.8.